The molecule has 1 saturated heterocycles. The van der Waals surface area contributed by atoms with Crippen LogP contribution in [0.1, 0.15) is 63.9 Å². The zero-order chi connectivity index (χ0) is 21.3. The molecular weight excluding hydrogens is 402 g/mol. The molecule has 0 spiro atoms. The van der Waals surface area contributed by atoms with E-state index < -0.39 is 16.1 Å². The van der Waals surface area contributed by atoms with E-state index in [0.29, 0.717) is 25.2 Å². The molecule has 2 heterocycles. The number of amides is 2. The standard InChI is InChI=1S/C22H31N3O4S/c1-16(26)25-20-11-10-19(30(28,29)24-12-6-7-13-24)14-17(20)15-21(25)22(27)23-18-8-4-2-3-5-9-18/h10-11,14,18,21H,2-9,12-13,15H2,1H3,(H,23,27)/t21-/m1/s1. The van der Waals surface area contributed by atoms with Crippen molar-refractivity contribution in [3.63, 3.8) is 0 Å². The highest BCUT2D eigenvalue weighted by Gasteiger charge is 2.39. The van der Waals surface area contributed by atoms with Crippen molar-refractivity contribution in [3.05, 3.63) is 23.8 Å². The van der Waals surface area contributed by atoms with Crippen LogP contribution in [0.15, 0.2) is 23.1 Å². The first-order valence-corrected chi connectivity index (χ1v) is 12.5. The molecule has 164 valence electrons. The Kier molecular flexibility index (Phi) is 6.16. The van der Waals surface area contributed by atoms with Crippen molar-refractivity contribution < 1.29 is 18.0 Å². The quantitative estimate of drug-likeness (QED) is 0.740. The number of anilines is 1. The molecule has 0 unspecified atom stereocenters. The molecule has 7 nitrogen and oxygen atoms in total. The number of benzene rings is 1. The van der Waals surface area contributed by atoms with Gasteiger partial charge in [0.25, 0.3) is 0 Å². The van der Waals surface area contributed by atoms with Crippen LogP contribution in [0.3, 0.4) is 0 Å². The lowest BCUT2D eigenvalue weighted by atomic mass is 10.1. The molecule has 0 aromatic heterocycles. The Labute approximate surface area is 178 Å². The second-order valence-electron chi connectivity index (χ2n) is 8.71. The Morgan fingerprint density at radius 1 is 1.00 bits per heavy atom. The predicted octanol–water partition coefficient (Wildman–Crippen LogP) is 2.59. The van der Waals surface area contributed by atoms with Gasteiger partial charge < -0.3 is 5.32 Å². The van der Waals surface area contributed by atoms with Crippen LogP contribution in [-0.2, 0) is 26.0 Å². The first-order chi connectivity index (χ1) is 14.4. The maximum Gasteiger partial charge on any atom is 0.243 e. The molecule has 2 amide bonds. The Hall–Kier alpha value is -1.93. The van der Waals surface area contributed by atoms with E-state index in [9.17, 15) is 18.0 Å². The molecular formula is C22H31N3O4S. The normalized spacial score (nSPS) is 23.2. The second-order valence-corrected chi connectivity index (χ2v) is 10.6. The lowest BCUT2D eigenvalue weighted by Gasteiger charge is -2.26. The molecule has 2 fully saturated rings. The maximum absolute atomic E-state index is 13.1. The molecule has 8 heteroatoms. The van der Waals surface area contributed by atoms with Crippen molar-refractivity contribution in [2.75, 3.05) is 18.0 Å². The molecule has 1 atom stereocenters. The van der Waals surface area contributed by atoms with Gasteiger partial charge in [-0.05, 0) is 49.4 Å². The topological polar surface area (TPSA) is 86.8 Å². The molecule has 1 saturated carbocycles. The van der Waals surface area contributed by atoms with E-state index in [0.717, 1.165) is 44.1 Å². The number of nitrogens with zero attached hydrogens (tertiary/aromatic N) is 2. The van der Waals surface area contributed by atoms with Crippen LogP contribution in [0.25, 0.3) is 0 Å². The van der Waals surface area contributed by atoms with Crippen molar-refractivity contribution in [3.8, 4) is 0 Å². The van der Waals surface area contributed by atoms with Crippen LogP contribution >= 0.6 is 0 Å². The molecule has 1 aromatic rings. The molecule has 2 aliphatic heterocycles. The van der Waals surface area contributed by atoms with Crippen LogP contribution in [0.4, 0.5) is 5.69 Å². The number of sulfonamides is 1. The summed E-state index contributed by atoms with van der Waals surface area (Å²) in [6.07, 6.45) is 8.69. The van der Waals surface area contributed by atoms with E-state index in [1.807, 2.05) is 0 Å². The van der Waals surface area contributed by atoms with E-state index in [1.54, 1.807) is 18.2 Å². The van der Waals surface area contributed by atoms with Crippen molar-refractivity contribution in [1.82, 2.24) is 9.62 Å². The van der Waals surface area contributed by atoms with E-state index in [-0.39, 0.29) is 22.8 Å². The fourth-order valence-corrected chi connectivity index (χ4v) is 6.55. The highest BCUT2D eigenvalue weighted by Crippen LogP contribution is 2.35. The van der Waals surface area contributed by atoms with Gasteiger partial charge in [-0.25, -0.2) is 8.42 Å². The zero-order valence-corrected chi connectivity index (χ0v) is 18.4. The smallest absolute Gasteiger partial charge is 0.243 e. The van der Waals surface area contributed by atoms with Crippen LogP contribution < -0.4 is 10.2 Å². The highest BCUT2D eigenvalue weighted by molar-refractivity contribution is 7.89. The third kappa shape index (κ3) is 4.12. The van der Waals surface area contributed by atoms with E-state index >= 15 is 0 Å². The summed E-state index contributed by atoms with van der Waals surface area (Å²) in [5, 5.41) is 3.15. The van der Waals surface area contributed by atoms with Crippen LogP contribution in [0.2, 0.25) is 0 Å². The summed E-state index contributed by atoms with van der Waals surface area (Å²) in [7, 11) is -3.53. The molecule has 3 aliphatic rings. The Bertz CT molecular complexity index is 916. The SMILES string of the molecule is CC(=O)N1c2ccc(S(=O)(=O)N3CCCC3)cc2C[C@@H]1C(=O)NC1CCCCCC1. The lowest BCUT2D eigenvalue weighted by molar-refractivity contribution is -0.126. The molecule has 30 heavy (non-hydrogen) atoms. The number of carbonyl (C=O) groups is 2. The summed E-state index contributed by atoms with van der Waals surface area (Å²) in [4.78, 5) is 27.2. The van der Waals surface area contributed by atoms with Gasteiger partial charge in [-0.15, -0.1) is 0 Å². The molecule has 0 radical (unpaired) electrons. The molecule has 0 bridgehead atoms. The van der Waals surface area contributed by atoms with Crippen molar-refractivity contribution in [2.45, 2.75) is 81.7 Å². The summed E-state index contributed by atoms with van der Waals surface area (Å²) in [6.45, 7) is 2.55. The molecule has 1 aromatic carbocycles. The summed E-state index contributed by atoms with van der Waals surface area (Å²) in [6, 6.07) is 4.43. The van der Waals surface area contributed by atoms with Gasteiger partial charge in [0.05, 0.1) is 4.90 Å². The van der Waals surface area contributed by atoms with E-state index in [1.165, 1.54) is 29.0 Å². The van der Waals surface area contributed by atoms with Crippen LogP contribution in [0.5, 0.6) is 0 Å². The first-order valence-electron chi connectivity index (χ1n) is 11.1. The second kappa shape index (κ2) is 8.67. The van der Waals surface area contributed by atoms with Gasteiger partial charge in [-0.2, -0.15) is 4.31 Å². The number of hydrogen-bond acceptors (Lipinski definition) is 4. The largest absolute Gasteiger partial charge is 0.352 e. The van der Waals surface area contributed by atoms with Crippen molar-refractivity contribution >= 4 is 27.5 Å². The Balaban J connectivity index is 1.56. The Morgan fingerprint density at radius 2 is 1.67 bits per heavy atom. The summed E-state index contributed by atoms with van der Waals surface area (Å²) < 4.78 is 27.4. The third-order valence-electron chi connectivity index (χ3n) is 6.58. The molecule has 4 rings (SSSR count). The van der Waals surface area contributed by atoms with Gasteiger partial charge in [-0.3, -0.25) is 14.5 Å². The zero-order valence-electron chi connectivity index (χ0n) is 17.6. The van der Waals surface area contributed by atoms with Gasteiger partial charge in [-0.1, -0.05) is 25.7 Å². The summed E-state index contributed by atoms with van der Waals surface area (Å²) in [5.74, 6) is -0.345. The van der Waals surface area contributed by atoms with E-state index in [4.69, 9.17) is 0 Å². The average Bonchev–Trinajstić information content (AvgIpc) is 3.31. The minimum absolute atomic E-state index is 0.141. The van der Waals surface area contributed by atoms with Gasteiger partial charge in [0.1, 0.15) is 6.04 Å². The minimum Gasteiger partial charge on any atom is -0.352 e. The van der Waals surface area contributed by atoms with Crippen LogP contribution in [-0.4, -0.2) is 49.7 Å². The molecule has 1 N–H and O–H groups in total. The van der Waals surface area contributed by atoms with Crippen molar-refractivity contribution in [1.29, 1.82) is 0 Å². The van der Waals surface area contributed by atoms with Crippen LogP contribution in [0, 0.1) is 0 Å². The average molecular weight is 434 g/mol. The van der Waals surface area contributed by atoms with Gasteiger partial charge in [0.15, 0.2) is 0 Å². The summed E-state index contributed by atoms with van der Waals surface area (Å²) in [5.41, 5.74) is 1.38. The number of hydrogen-bond donors (Lipinski definition) is 1. The number of rotatable bonds is 4. The predicted molar refractivity (Wildman–Crippen MR) is 115 cm³/mol. The molecule has 1 aliphatic carbocycles. The lowest BCUT2D eigenvalue weighted by Crippen LogP contribution is -2.50. The minimum atomic E-state index is -3.53. The fraction of sp³-hybridized carbons (Fsp3) is 0.636. The highest BCUT2D eigenvalue weighted by atomic mass is 32.2. The fourth-order valence-electron chi connectivity index (χ4n) is 4.99. The van der Waals surface area contributed by atoms with Gasteiger partial charge >= 0.3 is 0 Å². The maximum atomic E-state index is 13.1. The van der Waals surface area contributed by atoms with E-state index in [2.05, 4.69) is 5.32 Å². The first kappa shape index (κ1) is 21.3. The third-order valence-corrected chi connectivity index (χ3v) is 8.48. The number of carbonyl (C=O) groups excluding carboxylic acids is 2. The van der Waals surface area contributed by atoms with Gasteiger partial charge in [0.2, 0.25) is 21.8 Å². The number of nitrogens with one attached hydrogen (secondary N) is 1. The van der Waals surface area contributed by atoms with Crippen molar-refractivity contribution in [2.24, 2.45) is 0 Å². The summed E-state index contributed by atoms with van der Waals surface area (Å²) >= 11 is 0. The van der Waals surface area contributed by atoms with Gasteiger partial charge in [0, 0.05) is 38.2 Å². The monoisotopic (exact) mass is 433 g/mol. The Morgan fingerprint density at radius 3 is 2.30 bits per heavy atom. The number of fused-ring (bicyclic) bond motifs is 1.